The summed E-state index contributed by atoms with van der Waals surface area (Å²) in [5.74, 6) is 0. The van der Waals surface area contributed by atoms with Gasteiger partial charge in [0.2, 0.25) is 0 Å². The first-order chi connectivity index (χ1) is 8.22. The van der Waals surface area contributed by atoms with Crippen molar-refractivity contribution in [2.45, 2.75) is 50.5 Å². The van der Waals surface area contributed by atoms with Crippen LogP contribution in [0.3, 0.4) is 0 Å². The molecule has 0 radical (unpaired) electrons. The van der Waals surface area contributed by atoms with Crippen molar-refractivity contribution in [2.24, 2.45) is 0 Å². The molecule has 2 amide bonds. The molecule has 3 aliphatic heterocycles. The molecular formula is C12H20N2O3. The van der Waals surface area contributed by atoms with Crippen molar-refractivity contribution in [3.63, 3.8) is 0 Å². The number of urea groups is 1. The van der Waals surface area contributed by atoms with Gasteiger partial charge in [-0.3, -0.25) is 0 Å². The van der Waals surface area contributed by atoms with Crippen molar-refractivity contribution in [1.82, 2.24) is 10.2 Å². The van der Waals surface area contributed by atoms with Crippen molar-refractivity contribution in [3.8, 4) is 0 Å². The van der Waals surface area contributed by atoms with Gasteiger partial charge in [0, 0.05) is 19.7 Å². The van der Waals surface area contributed by atoms with E-state index in [2.05, 4.69) is 5.32 Å². The minimum atomic E-state index is 0.0487. The predicted molar refractivity (Wildman–Crippen MR) is 61.8 cm³/mol. The van der Waals surface area contributed by atoms with Crippen LogP contribution in [0.2, 0.25) is 0 Å². The number of hydrogen-bond donors (Lipinski definition) is 1. The van der Waals surface area contributed by atoms with Crippen LogP contribution in [0.1, 0.15) is 26.2 Å². The molecule has 96 valence electrons. The van der Waals surface area contributed by atoms with Gasteiger partial charge in [0.05, 0.1) is 24.4 Å². The molecule has 3 aliphatic rings. The molecule has 2 bridgehead atoms. The second-order valence-corrected chi connectivity index (χ2v) is 5.28. The van der Waals surface area contributed by atoms with Crippen LogP contribution in [0.25, 0.3) is 0 Å². The maximum atomic E-state index is 12.1. The number of morpholine rings is 1. The quantitative estimate of drug-likeness (QED) is 0.735. The third kappa shape index (κ3) is 2.26. The Bertz CT molecular complexity index is 298. The molecule has 5 nitrogen and oxygen atoms in total. The summed E-state index contributed by atoms with van der Waals surface area (Å²) in [7, 11) is 0. The van der Waals surface area contributed by atoms with Gasteiger partial charge in [-0.25, -0.2) is 4.79 Å². The monoisotopic (exact) mass is 240 g/mol. The van der Waals surface area contributed by atoms with Gasteiger partial charge < -0.3 is 19.7 Å². The maximum Gasteiger partial charge on any atom is 0.317 e. The molecule has 17 heavy (non-hydrogen) atoms. The molecule has 1 N–H and O–H groups in total. The highest BCUT2D eigenvalue weighted by molar-refractivity contribution is 5.74. The second-order valence-electron chi connectivity index (χ2n) is 5.28. The number of nitrogens with one attached hydrogen (secondary N) is 1. The van der Waals surface area contributed by atoms with Crippen LogP contribution in [-0.2, 0) is 9.47 Å². The molecule has 0 aromatic rings. The number of nitrogens with zero attached hydrogens (tertiary/aromatic N) is 1. The van der Waals surface area contributed by atoms with E-state index in [1.165, 1.54) is 0 Å². The van der Waals surface area contributed by atoms with Crippen LogP contribution in [-0.4, -0.2) is 55.0 Å². The van der Waals surface area contributed by atoms with Gasteiger partial charge in [-0.1, -0.05) is 0 Å². The van der Waals surface area contributed by atoms with Crippen LogP contribution in [0.15, 0.2) is 0 Å². The third-order valence-corrected chi connectivity index (χ3v) is 4.02. The average molecular weight is 240 g/mol. The summed E-state index contributed by atoms with van der Waals surface area (Å²) in [4.78, 5) is 14.0. The van der Waals surface area contributed by atoms with Gasteiger partial charge >= 0.3 is 6.03 Å². The Labute approximate surface area is 101 Å². The molecule has 0 spiro atoms. The van der Waals surface area contributed by atoms with E-state index in [0.29, 0.717) is 0 Å². The molecule has 0 saturated carbocycles. The predicted octanol–water partition coefficient (Wildman–Crippen LogP) is 0.737. The Hall–Kier alpha value is -0.810. The van der Waals surface area contributed by atoms with E-state index in [0.717, 1.165) is 39.0 Å². The summed E-state index contributed by atoms with van der Waals surface area (Å²) < 4.78 is 11.2. The SMILES string of the molecule is CC1OCCC1NC(=O)N1CC2CCC(C1)O2. The van der Waals surface area contributed by atoms with E-state index in [1.807, 2.05) is 11.8 Å². The zero-order chi connectivity index (χ0) is 11.8. The summed E-state index contributed by atoms with van der Waals surface area (Å²) in [5, 5.41) is 3.07. The zero-order valence-corrected chi connectivity index (χ0v) is 10.2. The second kappa shape index (κ2) is 4.46. The number of likely N-dealkylation sites (tertiary alicyclic amines) is 1. The molecule has 4 atom stereocenters. The van der Waals surface area contributed by atoms with Crippen molar-refractivity contribution in [3.05, 3.63) is 0 Å². The van der Waals surface area contributed by atoms with Crippen molar-refractivity contribution in [2.75, 3.05) is 19.7 Å². The van der Waals surface area contributed by atoms with Gasteiger partial charge in [-0.05, 0) is 26.2 Å². The molecule has 0 aromatic carbocycles. The lowest BCUT2D eigenvalue weighted by molar-refractivity contribution is -0.0244. The molecule has 3 saturated heterocycles. The van der Waals surface area contributed by atoms with Crippen molar-refractivity contribution < 1.29 is 14.3 Å². The van der Waals surface area contributed by atoms with Gasteiger partial charge in [0.25, 0.3) is 0 Å². The third-order valence-electron chi connectivity index (χ3n) is 4.02. The summed E-state index contributed by atoms with van der Waals surface area (Å²) in [6.45, 7) is 4.25. The minimum Gasteiger partial charge on any atom is -0.376 e. The lowest BCUT2D eigenvalue weighted by atomic mass is 10.1. The summed E-state index contributed by atoms with van der Waals surface area (Å²) >= 11 is 0. The molecule has 3 fully saturated rings. The summed E-state index contributed by atoms with van der Waals surface area (Å²) in [6, 6.07) is 0.218. The molecule has 0 aromatic heterocycles. The maximum absolute atomic E-state index is 12.1. The van der Waals surface area contributed by atoms with Crippen LogP contribution in [0.4, 0.5) is 4.79 Å². The molecule has 3 heterocycles. The van der Waals surface area contributed by atoms with E-state index in [9.17, 15) is 4.79 Å². The van der Waals surface area contributed by atoms with E-state index in [-0.39, 0.29) is 30.4 Å². The zero-order valence-electron chi connectivity index (χ0n) is 10.2. The summed E-state index contributed by atoms with van der Waals surface area (Å²) in [6.07, 6.45) is 3.77. The Kier molecular flexibility index (Phi) is 2.96. The Morgan fingerprint density at radius 3 is 2.53 bits per heavy atom. The van der Waals surface area contributed by atoms with Gasteiger partial charge in [-0.2, -0.15) is 0 Å². The van der Waals surface area contributed by atoms with Gasteiger partial charge in [0.1, 0.15) is 0 Å². The molecule has 3 rings (SSSR count). The van der Waals surface area contributed by atoms with E-state index >= 15 is 0 Å². The fourth-order valence-corrected chi connectivity index (χ4v) is 2.95. The molecule has 0 aliphatic carbocycles. The van der Waals surface area contributed by atoms with Crippen molar-refractivity contribution in [1.29, 1.82) is 0 Å². The normalized spacial score (nSPS) is 40.6. The lowest BCUT2D eigenvalue weighted by Gasteiger charge is -2.33. The van der Waals surface area contributed by atoms with Crippen molar-refractivity contribution >= 4 is 6.03 Å². The number of hydrogen-bond acceptors (Lipinski definition) is 3. The number of ether oxygens (including phenoxy) is 2. The van der Waals surface area contributed by atoms with Gasteiger partial charge in [0.15, 0.2) is 0 Å². The number of carbonyl (C=O) groups excluding carboxylic acids is 1. The fraction of sp³-hybridized carbons (Fsp3) is 0.917. The van der Waals surface area contributed by atoms with Gasteiger partial charge in [-0.15, -0.1) is 0 Å². The average Bonchev–Trinajstić information content (AvgIpc) is 2.86. The number of fused-ring (bicyclic) bond motifs is 2. The first kappa shape index (κ1) is 11.3. The van der Waals surface area contributed by atoms with Crippen LogP contribution < -0.4 is 5.32 Å². The molecule has 4 unspecified atom stereocenters. The van der Waals surface area contributed by atoms with Crippen LogP contribution >= 0.6 is 0 Å². The highest BCUT2D eigenvalue weighted by Gasteiger charge is 2.37. The largest absolute Gasteiger partial charge is 0.376 e. The van der Waals surface area contributed by atoms with E-state index in [4.69, 9.17) is 9.47 Å². The smallest absolute Gasteiger partial charge is 0.317 e. The Morgan fingerprint density at radius 2 is 1.94 bits per heavy atom. The minimum absolute atomic E-state index is 0.0487. The highest BCUT2D eigenvalue weighted by atomic mass is 16.5. The highest BCUT2D eigenvalue weighted by Crippen LogP contribution is 2.26. The standard InChI is InChI=1S/C12H20N2O3/c1-8-11(4-5-16-8)13-12(15)14-6-9-2-3-10(7-14)17-9/h8-11H,2-7H2,1H3,(H,13,15). The van der Waals surface area contributed by atoms with E-state index in [1.54, 1.807) is 0 Å². The number of amides is 2. The Balaban J connectivity index is 1.55. The first-order valence-electron chi connectivity index (χ1n) is 6.55. The van der Waals surface area contributed by atoms with E-state index < -0.39 is 0 Å². The first-order valence-corrected chi connectivity index (χ1v) is 6.55. The molecule has 5 heteroatoms. The topological polar surface area (TPSA) is 50.8 Å². The summed E-state index contributed by atoms with van der Waals surface area (Å²) in [5.41, 5.74) is 0. The van der Waals surface area contributed by atoms with Crippen LogP contribution in [0, 0.1) is 0 Å². The lowest BCUT2D eigenvalue weighted by Crippen LogP contribution is -2.53. The van der Waals surface area contributed by atoms with Crippen LogP contribution in [0.5, 0.6) is 0 Å². The Morgan fingerprint density at radius 1 is 1.24 bits per heavy atom. The number of carbonyl (C=O) groups is 1. The number of rotatable bonds is 1. The fourth-order valence-electron chi connectivity index (χ4n) is 2.95. The molecular weight excluding hydrogens is 220 g/mol.